The molecule has 22 heavy (non-hydrogen) atoms. The Labute approximate surface area is 132 Å². The summed E-state index contributed by atoms with van der Waals surface area (Å²) in [7, 11) is -0.885. The Kier molecular flexibility index (Phi) is 5.27. The highest BCUT2D eigenvalue weighted by Gasteiger charge is 2.11. The van der Waals surface area contributed by atoms with Crippen LogP contribution in [0.3, 0.4) is 0 Å². The van der Waals surface area contributed by atoms with E-state index in [1.165, 1.54) is 6.07 Å². The first-order valence-electron chi connectivity index (χ1n) is 6.85. The van der Waals surface area contributed by atoms with Gasteiger partial charge in [-0.15, -0.1) is 0 Å². The van der Waals surface area contributed by atoms with Crippen LogP contribution in [0.4, 0.5) is 11.4 Å². The molecule has 2 atom stereocenters. The molecule has 0 aromatic heterocycles. The van der Waals surface area contributed by atoms with Crippen molar-refractivity contribution < 1.29 is 9.13 Å². The third kappa shape index (κ3) is 4.39. The van der Waals surface area contributed by atoms with Gasteiger partial charge in [-0.3, -0.25) is 14.3 Å². The lowest BCUT2D eigenvalue weighted by Gasteiger charge is -2.16. The fourth-order valence-corrected chi connectivity index (χ4v) is 2.88. The highest BCUT2D eigenvalue weighted by atomic mass is 32.2. The minimum Gasteiger partial charge on any atom is -0.379 e. The average molecular weight is 318 g/mol. The molecule has 6 heteroatoms. The first-order chi connectivity index (χ1) is 10.5. The summed E-state index contributed by atoms with van der Waals surface area (Å²) in [5, 5.41) is 14.2. The SMILES string of the molecule is C[C@H](Nc1cccc(C[S@@](C)=O)c1)c1cccc([N+](=O)[O-])c1. The molecule has 2 rings (SSSR count). The summed E-state index contributed by atoms with van der Waals surface area (Å²) in [6.07, 6.45) is 1.67. The molecule has 0 aliphatic heterocycles. The van der Waals surface area contributed by atoms with E-state index in [0.717, 1.165) is 16.8 Å². The summed E-state index contributed by atoms with van der Waals surface area (Å²) in [4.78, 5) is 10.4. The highest BCUT2D eigenvalue weighted by molar-refractivity contribution is 7.83. The van der Waals surface area contributed by atoms with Gasteiger partial charge in [0.2, 0.25) is 0 Å². The first kappa shape index (κ1) is 16.2. The van der Waals surface area contributed by atoms with Crippen LogP contribution in [0.1, 0.15) is 24.1 Å². The molecule has 0 heterocycles. The van der Waals surface area contributed by atoms with Crippen LogP contribution >= 0.6 is 0 Å². The summed E-state index contributed by atoms with van der Waals surface area (Å²) in [5.74, 6) is 0.515. The van der Waals surface area contributed by atoms with Gasteiger partial charge in [-0.05, 0) is 30.2 Å². The van der Waals surface area contributed by atoms with Gasteiger partial charge in [0.1, 0.15) is 0 Å². The lowest BCUT2D eigenvalue weighted by molar-refractivity contribution is -0.384. The molecule has 0 aliphatic carbocycles. The summed E-state index contributed by atoms with van der Waals surface area (Å²) in [6, 6.07) is 14.2. The van der Waals surface area contributed by atoms with Crippen molar-refractivity contribution in [3.05, 3.63) is 69.8 Å². The first-order valence-corrected chi connectivity index (χ1v) is 8.58. The fraction of sp³-hybridized carbons (Fsp3) is 0.250. The minimum absolute atomic E-state index is 0.0673. The van der Waals surface area contributed by atoms with Crippen LogP contribution < -0.4 is 5.32 Å². The third-order valence-electron chi connectivity index (χ3n) is 3.26. The number of nitrogens with one attached hydrogen (secondary N) is 1. The van der Waals surface area contributed by atoms with Crippen molar-refractivity contribution in [2.24, 2.45) is 0 Å². The monoisotopic (exact) mass is 318 g/mol. The number of non-ortho nitro benzene ring substituents is 1. The van der Waals surface area contributed by atoms with E-state index in [2.05, 4.69) is 5.32 Å². The second-order valence-corrected chi connectivity index (χ2v) is 6.57. The summed E-state index contributed by atoms with van der Waals surface area (Å²) in [6.45, 7) is 1.95. The quantitative estimate of drug-likeness (QED) is 0.652. The maximum atomic E-state index is 11.3. The second kappa shape index (κ2) is 7.17. The van der Waals surface area contributed by atoms with Crippen LogP contribution in [0, 0.1) is 10.1 Å². The average Bonchev–Trinajstić information content (AvgIpc) is 2.47. The number of nitrogens with zero attached hydrogens (tertiary/aromatic N) is 1. The summed E-state index contributed by atoms with van der Waals surface area (Å²) >= 11 is 0. The van der Waals surface area contributed by atoms with Gasteiger partial charge in [-0.2, -0.15) is 0 Å². The lowest BCUT2D eigenvalue weighted by atomic mass is 10.1. The van der Waals surface area contributed by atoms with Gasteiger partial charge >= 0.3 is 0 Å². The lowest BCUT2D eigenvalue weighted by Crippen LogP contribution is -2.07. The Balaban J connectivity index is 2.14. The maximum absolute atomic E-state index is 11.3. The predicted octanol–water partition coefficient (Wildman–Crippen LogP) is 3.65. The molecule has 0 amide bonds. The van der Waals surface area contributed by atoms with Crippen LogP contribution in [0.15, 0.2) is 48.5 Å². The molecule has 0 saturated carbocycles. The van der Waals surface area contributed by atoms with E-state index in [-0.39, 0.29) is 11.7 Å². The Morgan fingerprint density at radius 1 is 1.23 bits per heavy atom. The molecule has 0 bridgehead atoms. The van der Waals surface area contributed by atoms with Crippen LogP contribution in [0.25, 0.3) is 0 Å². The van der Waals surface area contributed by atoms with Gasteiger partial charge in [0, 0.05) is 46.7 Å². The molecule has 0 fully saturated rings. The van der Waals surface area contributed by atoms with Gasteiger partial charge < -0.3 is 5.32 Å². The van der Waals surface area contributed by atoms with Crippen LogP contribution in [0.2, 0.25) is 0 Å². The van der Waals surface area contributed by atoms with Crippen molar-refractivity contribution in [3.8, 4) is 0 Å². The smallest absolute Gasteiger partial charge is 0.269 e. The van der Waals surface area contributed by atoms with Crippen molar-refractivity contribution in [1.82, 2.24) is 0 Å². The normalized spacial score (nSPS) is 13.4. The molecule has 1 N–H and O–H groups in total. The molecule has 0 spiro atoms. The number of rotatable bonds is 6. The maximum Gasteiger partial charge on any atom is 0.269 e. The summed E-state index contributed by atoms with van der Waals surface area (Å²) < 4.78 is 11.3. The van der Waals surface area contributed by atoms with E-state index in [1.54, 1.807) is 18.4 Å². The summed E-state index contributed by atoms with van der Waals surface area (Å²) in [5.41, 5.74) is 2.83. The molecule has 2 aromatic carbocycles. The largest absolute Gasteiger partial charge is 0.379 e. The highest BCUT2D eigenvalue weighted by Crippen LogP contribution is 2.23. The third-order valence-corrected chi connectivity index (χ3v) is 4.00. The molecule has 5 nitrogen and oxygen atoms in total. The zero-order valence-electron chi connectivity index (χ0n) is 12.5. The molecule has 0 saturated heterocycles. The van der Waals surface area contributed by atoms with Gasteiger partial charge in [-0.25, -0.2) is 0 Å². The van der Waals surface area contributed by atoms with Gasteiger partial charge in [-0.1, -0.05) is 24.3 Å². The topological polar surface area (TPSA) is 72.2 Å². The molecule has 2 aromatic rings. The van der Waals surface area contributed by atoms with Crippen LogP contribution in [0.5, 0.6) is 0 Å². The van der Waals surface area contributed by atoms with E-state index in [1.807, 2.05) is 37.3 Å². The van der Waals surface area contributed by atoms with Crippen molar-refractivity contribution in [3.63, 3.8) is 0 Å². The minimum atomic E-state index is -0.885. The van der Waals surface area contributed by atoms with Gasteiger partial charge in [0.25, 0.3) is 5.69 Å². The van der Waals surface area contributed by atoms with E-state index in [4.69, 9.17) is 0 Å². The Morgan fingerprint density at radius 3 is 2.64 bits per heavy atom. The van der Waals surface area contributed by atoms with Crippen molar-refractivity contribution in [2.45, 2.75) is 18.7 Å². The Hall–Kier alpha value is -2.21. The van der Waals surface area contributed by atoms with Crippen molar-refractivity contribution in [2.75, 3.05) is 11.6 Å². The van der Waals surface area contributed by atoms with E-state index < -0.39 is 15.7 Å². The number of nitro groups is 1. The van der Waals surface area contributed by atoms with Crippen molar-refractivity contribution >= 4 is 22.2 Å². The zero-order valence-corrected chi connectivity index (χ0v) is 13.3. The molecular formula is C16H18N2O3S. The standard InChI is InChI=1S/C16H18N2O3S/c1-12(14-6-4-8-16(10-14)18(19)20)17-15-7-3-5-13(9-15)11-22(2)21/h3-10,12,17H,11H2,1-2H3/t12-,22+/m0/s1. The zero-order chi connectivity index (χ0) is 16.1. The Bertz CT molecular complexity index is 703. The molecule has 116 valence electrons. The number of nitro benzene ring substituents is 1. The molecular weight excluding hydrogens is 300 g/mol. The van der Waals surface area contributed by atoms with Gasteiger partial charge in [0.05, 0.1) is 4.92 Å². The number of benzene rings is 2. The van der Waals surface area contributed by atoms with E-state index in [0.29, 0.717) is 5.75 Å². The van der Waals surface area contributed by atoms with Crippen molar-refractivity contribution in [1.29, 1.82) is 0 Å². The predicted molar refractivity (Wildman–Crippen MR) is 89.3 cm³/mol. The number of hydrogen-bond donors (Lipinski definition) is 1. The fourth-order valence-electron chi connectivity index (χ4n) is 2.23. The number of hydrogen-bond acceptors (Lipinski definition) is 4. The van der Waals surface area contributed by atoms with Crippen LogP contribution in [-0.4, -0.2) is 15.4 Å². The van der Waals surface area contributed by atoms with E-state index in [9.17, 15) is 14.3 Å². The molecule has 0 unspecified atom stereocenters. The molecule has 0 aliphatic rings. The molecule has 0 radical (unpaired) electrons. The van der Waals surface area contributed by atoms with E-state index >= 15 is 0 Å². The number of anilines is 1. The Morgan fingerprint density at radius 2 is 1.95 bits per heavy atom. The van der Waals surface area contributed by atoms with Crippen LogP contribution in [-0.2, 0) is 16.6 Å². The second-order valence-electron chi connectivity index (χ2n) is 5.14. The van der Waals surface area contributed by atoms with Gasteiger partial charge in [0.15, 0.2) is 0 Å².